The van der Waals surface area contributed by atoms with Gasteiger partial charge in [-0.25, -0.2) is 8.51 Å². The molecular formula is C8H15NO2S. The van der Waals surface area contributed by atoms with E-state index in [4.69, 9.17) is 0 Å². The molecule has 1 saturated heterocycles. The van der Waals surface area contributed by atoms with Gasteiger partial charge in [-0.05, 0) is 12.8 Å². The second kappa shape index (κ2) is 4.72. The number of carbonyl (C=O) groups excluding carboxylic acids is 1. The Hall–Kier alpha value is -0.220. The van der Waals surface area contributed by atoms with Crippen LogP contribution in [0, 0.1) is 0 Å². The fraction of sp³-hybridized carbons (Fsp3) is 0.875. The predicted octanol–water partition coefficient (Wildman–Crippen LogP) is 0.723. The molecule has 0 bridgehead atoms. The highest BCUT2D eigenvalue weighted by molar-refractivity contribution is 7.82. The van der Waals surface area contributed by atoms with Crippen molar-refractivity contribution < 1.29 is 9.00 Å². The Kier molecular flexibility index (Phi) is 3.88. The number of piperidine rings is 1. The van der Waals surface area contributed by atoms with Gasteiger partial charge in [0.2, 0.25) is 0 Å². The van der Waals surface area contributed by atoms with Crippen molar-refractivity contribution in [3.63, 3.8) is 0 Å². The Bertz CT molecular complexity index is 184. The largest absolute Gasteiger partial charge is 0.302 e. The van der Waals surface area contributed by atoms with Crippen LogP contribution in [-0.4, -0.2) is 33.1 Å². The van der Waals surface area contributed by atoms with Gasteiger partial charge in [-0.3, -0.25) is 0 Å². The van der Waals surface area contributed by atoms with E-state index in [1.54, 1.807) is 0 Å². The minimum atomic E-state index is -0.941. The van der Waals surface area contributed by atoms with E-state index in [0.29, 0.717) is 5.75 Å². The Balaban J connectivity index is 2.58. The van der Waals surface area contributed by atoms with Gasteiger partial charge < -0.3 is 4.79 Å². The van der Waals surface area contributed by atoms with Gasteiger partial charge in [0.1, 0.15) is 6.29 Å². The van der Waals surface area contributed by atoms with Crippen LogP contribution in [-0.2, 0) is 15.8 Å². The SMILES string of the molecule is CCS(=O)N1CCCCC1C=O. The van der Waals surface area contributed by atoms with Crippen molar-refractivity contribution in [3.05, 3.63) is 0 Å². The molecule has 70 valence electrons. The third-order valence-corrected chi connectivity index (χ3v) is 3.63. The first-order chi connectivity index (χ1) is 5.79. The van der Waals surface area contributed by atoms with Crippen molar-refractivity contribution in [2.75, 3.05) is 12.3 Å². The van der Waals surface area contributed by atoms with Crippen LogP contribution in [0.5, 0.6) is 0 Å². The first kappa shape index (κ1) is 9.86. The molecule has 2 unspecified atom stereocenters. The zero-order valence-corrected chi connectivity index (χ0v) is 8.18. The molecule has 1 fully saturated rings. The summed E-state index contributed by atoms with van der Waals surface area (Å²) in [7, 11) is -0.941. The Labute approximate surface area is 75.7 Å². The van der Waals surface area contributed by atoms with Crippen molar-refractivity contribution >= 4 is 17.3 Å². The molecule has 1 heterocycles. The summed E-state index contributed by atoms with van der Waals surface area (Å²) >= 11 is 0. The highest BCUT2D eigenvalue weighted by Gasteiger charge is 2.25. The van der Waals surface area contributed by atoms with Crippen molar-refractivity contribution in [1.82, 2.24) is 4.31 Å². The molecule has 0 saturated carbocycles. The van der Waals surface area contributed by atoms with Gasteiger partial charge in [0.25, 0.3) is 0 Å². The Morgan fingerprint density at radius 1 is 1.58 bits per heavy atom. The lowest BCUT2D eigenvalue weighted by molar-refractivity contribution is -0.111. The first-order valence-corrected chi connectivity index (χ1v) is 5.67. The maximum absolute atomic E-state index is 11.4. The minimum Gasteiger partial charge on any atom is -0.302 e. The molecule has 0 radical (unpaired) electrons. The highest BCUT2D eigenvalue weighted by Crippen LogP contribution is 2.16. The molecule has 12 heavy (non-hydrogen) atoms. The van der Waals surface area contributed by atoms with Crippen molar-refractivity contribution in [2.24, 2.45) is 0 Å². The molecule has 3 nitrogen and oxygen atoms in total. The first-order valence-electron chi connectivity index (χ1n) is 4.40. The van der Waals surface area contributed by atoms with Crippen LogP contribution in [0.15, 0.2) is 0 Å². The second-order valence-corrected chi connectivity index (χ2v) is 4.64. The van der Waals surface area contributed by atoms with Crippen molar-refractivity contribution in [1.29, 1.82) is 0 Å². The summed E-state index contributed by atoms with van der Waals surface area (Å²) in [6, 6.07) is -0.0977. The zero-order chi connectivity index (χ0) is 8.97. The number of hydrogen-bond donors (Lipinski definition) is 0. The molecule has 0 amide bonds. The average molecular weight is 189 g/mol. The maximum atomic E-state index is 11.4. The summed E-state index contributed by atoms with van der Waals surface area (Å²) in [6.07, 6.45) is 3.94. The topological polar surface area (TPSA) is 37.4 Å². The normalized spacial score (nSPS) is 28.2. The quantitative estimate of drug-likeness (QED) is 0.614. The zero-order valence-electron chi connectivity index (χ0n) is 7.36. The van der Waals surface area contributed by atoms with Crippen LogP contribution >= 0.6 is 0 Å². The Morgan fingerprint density at radius 3 is 2.92 bits per heavy atom. The second-order valence-electron chi connectivity index (χ2n) is 2.95. The molecule has 4 heteroatoms. The molecule has 0 spiro atoms. The smallest absolute Gasteiger partial charge is 0.138 e. The summed E-state index contributed by atoms with van der Waals surface area (Å²) in [6.45, 7) is 2.69. The number of nitrogens with zero attached hydrogens (tertiary/aromatic N) is 1. The average Bonchev–Trinajstić information content (AvgIpc) is 2.16. The van der Waals surface area contributed by atoms with Crippen LogP contribution in [0.2, 0.25) is 0 Å². The molecule has 1 rings (SSSR count). The number of rotatable bonds is 3. The lowest BCUT2D eigenvalue weighted by Crippen LogP contribution is -2.42. The fourth-order valence-corrected chi connectivity index (χ4v) is 2.61. The highest BCUT2D eigenvalue weighted by atomic mass is 32.2. The van der Waals surface area contributed by atoms with Gasteiger partial charge in [-0.2, -0.15) is 0 Å². The Morgan fingerprint density at radius 2 is 2.33 bits per heavy atom. The van der Waals surface area contributed by atoms with E-state index in [9.17, 15) is 9.00 Å². The van der Waals surface area contributed by atoms with Gasteiger partial charge in [-0.15, -0.1) is 0 Å². The van der Waals surface area contributed by atoms with E-state index in [2.05, 4.69) is 0 Å². The molecule has 0 N–H and O–H groups in total. The lowest BCUT2D eigenvalue weighted by Gasteiger charge is -2.30. The van der Waals surface area contributed by atoms with Gasteiger partial charge in [0.05, 0.1) is 17.0 Å². The predicted molar refractivity (Wildman–Crippen MR) is 49.1 cm³/mol. The number of carbonyl (C=O) groups is 1. The van der Waals surface area contributed by atoms with Gasteiger partial charge >= 0.3 is 0 Å². The lowest BCUT2D eigenvalue weighted by atomic mass is 10.1. The number of aldehydes is 1. The summed E-state index contributed by atoms with van der Waals surface area (Å²) in [4.78, 5) is 10.6. The van der Waals surface area contributed by atoms with E-state index in [-0.39, 0.29) is 6.04 Å². The van der Waals surface area contributed by atoms with E-state index in [0.717, 1.165) is 32.1 Å². The monoisotopic (exact) mass is 189 g/mol. The van der Waals surface area contributed by atoms with Crippen LogP contribution in [0.3, 0.4) is 0 Å². The number of hydrogen-bond acceptors (Lipinski definition) is 2. The standard InChI is InChI=1S/C8H15NO2S/c1-2-12(11)9-6-4-3-5-8(9)7-10/h7-8H,2-6H2,1H3. The third kappa shape index (κ3) is 2.14. The van der Waals surface area contributed by atoms with Crippen LogP contribution in [0.25, 0.3) is 0 Å². The van der Waals surface area contributed by atoms with Gasteiger partial charge in [0.15, 0.2) is 0 Å². The minimum absolute atomic E-state index is 0.0977. The van der Waals surface area contributed by atoms with E-state index in [1.165, 1.54) is 0 Å². The molecular weight excluding hydrogens is 174 g/mol. The summed E-state index contributed by atoms with van der Waals surface area (Å²) in [5.74, 6) is 0.615. The summed E-state index contributed by atoms with van der Waals surface area (Å²) < 4.78 is 13.2. The molecule has 0 aromatic rings. The van der Waals surface area contributed by atoms with Crippen LogP contribution in [0.1, 0.15) is 26.2 Å². The molecule has 0 aliphatic carbocycles. The van der Waals surface area contributed by atoms with Crippen LogP contribution in [0.4, 0.5) is 0 Å². The van der Waals surface area contributed by atoms with Crippen molar-refractivity contribution in [2.45, 2.75) is 32.2 Å². The van der Waals surface area contributed by atoms with Gasteiger partial charge in [0, 0.05) is 12.3 Å². The van der Waals surface area contributed by atoms with Crippen LogP contribution < -0.4 is 0 Å². The van der Waals surface area contributed by atoms with E-state index >= 15 is 0 Å². The van der Waals surface area contributed by atoms with E-state index < -0.39 is 11.0 Å². The molecule has 0 aromatic carbocycles. The maximum Gasteiger partial charge on any atom is 0.138 e. The summed E-state index contributed by atoms with van der Waals surface area (Å²) in [5, 5.41) is 0. The molecule has 1 aliphatic heterocycles. The summed E-state index contributed by atoms with van der Waals surface area (Å²) in [5.41, 5.74) is 0. The molecule has 1 aliphatic rings. The third-order valence-electron chi connectivity index (χ3n) is 2.16. The van der Waals surface area contributed by atoms with E-state index in [1.807, 2.05) is 11.2 Å². The molecule has 0 aromatic heterocycles. The fourth-order valence-electron chi connectivity index (χ4n) is 1.49. The van der Waals surface area contributed by atoms with Crippen molar-refractivity contribution in [3.8, 4) is 0 Å². The van der Waals surface area contributed by atoms with Gasteiger partial charge in [-0.1, -0.05) is 13.3 Å². The molecule has 2 atom stereocenters.